The molecule has 0 amide bonds. The summed E-state index contributed by atoms with van der Waals surface area (Å²) in [5.74, 6) is -0.467. The lowest BCUT2D eigenvalue weighted by molar-refractivity contribution is -0.252. The van der Waals surface area contributed by atoms with E-state index < -0.39 is 18.3 Å². The summed E-state index contributed by atoms with van der Waals surface area (Å²) in [5, 5.41) is 2.15. The molecule has 0 aromatic heterocycles. The predicted molar refractivity (Wildman–Crippen MR) is 58.4 cm³/mol. The van der Waals surface area contributed by atoms with E-state index in [2.05, 4.69) is 22.3 Å². The number of para-hydroxylation sites is 2. The maximum Gasteiger partial charge on any atom is 0.461 e. The number of hydrogen-bond acceptors (Lipinski definition) is 2. The van der Waals surface area contributed by atoms with E-state index in [0.29, 0.717) is 0 Å². The van der Waals surface area contributed by atoms with Gasteiger partial charge in [-0.1, -0.05) is 12.1 Å². The maximum atomic E-state index is 12.7. The molecule has 0 aliphatic carbocycles. The van der Waals surface area contributed by atoms with E-state index in [-0.39, 0.29) is 10.8 Å². The van der Waals surface area contributed by atoms with Crippen LogP contribution in [0.5, 0.6) is 5.75 Å². The van der Waals surface area contributed by atoms with Gasteiger partial charge >= 0.3 is 12.5 Å². The second-order valence-corrected chi connectivity index (χ2v) is 3.39. The molecule has 0 atom stereocenters. The van der Waals surface area contributed by atoms with Crippen LogP contribution >= 0.6 is 12.2 Å². The predicted octanol–water partition coefficient (Wildman–Crippen LogP) is 2.58. The molecule has 0 radical (unpaired) electrons. The van der Waals surface area contributed by atoms with E-state index in [9.17, 15) is 17.6 Å². The number of thiocarbonyl (C=S) groups is 1. The molecule has 0 bridgehead atoms. The fraction of sp³-hybridized carbons (Fsp3) is 0.222. The summed E-state index contributed by atoms with van der Waals surface area (Å²) < 4.78 is 53.2. The monoisotopic (exact) mass is 268 g/mol. The highest BCUT2D eigenvalue weighted by molar-refractivity contribution is 7.80. The van der Waals surface area contributed by atoms with Gasteiger partial charge < -0.3 is 15.8 Å². The van der Waals surface area contributed by atoms with E-state index in [1.807, 2.05) is 0 Å². The zero-order valence-corrected chi connectivity index (χ0v) is 9.11. The van der Waals surface area contributed by atoms with Crippen molar-refractivity contribution < 1.29 is 22.3 Å². The Morgan fingerprint density at radius 1 is 1.35 bits per heavy atom. The first kappa shape index (κ1) is 13.5. The quantitative estimate of drug-likeness (QED) is 0.651. The molecular weight excluding hydrogens is 260 g/mol. The smallest absolute Gasteiger partial charge is 0.426 e. The van der Waals surface area contributed by atoms with Crippen molar-refractivity contribution in [3.8, 4) is 5.75 Å². The third-order valence-corrected chi connectivity index (χ3v) is 1.75. The lowest BCUT2D eigenvalue weighted by atomic mass is 10.3. The zero-order chi connectivity index (χ0) is 13.1. The molecule has 0 unspecified atom stereocenters. The molecule has 0 heterocycles. The third-order valence-electron chi connectivity index (χ3n) is 1.65. The third kappa shape index (κ3) is 3.74. The molecule has 0 aliphatic heterocycles. The van der Waals surface area contributed by atoms with Crippen LogP contribution in [0.3, 0.4) is 0 Å². The number of halogens is 4. The SMILES string of the molecule is NC(=S)Nc1ccccc1OC(F)(F)C(F)F. The minimum Gasteiger partial charge on any atom is -0.426 e. The van der Waals surface area contributed by atoms with Crippen LogP contribution in [0.2, 0.25) is 0 Å². The van der Waals surface area contributed by atoms with Crippen LogP contribution in [0.25, 0.3) is 0 Å². The summed E-state index contributed by atoms with van der Waals surface area (Å²) in [5.41, 5.74) is 5.13. The number of hydrogen-bond donors (Lipinski definition) is 2. The van der Waals surface area contributed by atoms with Gasteiger partial charge in [0.2, 0.25) is 0 Å². The molecule has 17 heavy (non-hydrogen) atoms. The average Bonchev–Trinajstić information content (AvgIpc) is 2.19. The Morgan fingerprint density at radius 2 is 1.94 bits per heavy atom. The van der Waals surface area contributed by atoms with Gasteiger partial charge in [-0.05, 0) is 24.4 Å². The van der Waals surface area contributed by atoms with Gasteiger partial charge in [-0.15, -0.1) is 0 Å². The molecule has 8 heteroatoms. The summed E-state index contributed by atoms with van der Waals surface area (Å²) >= 11 is 4.51. The van der Waals surface area contributed by atoms with Gasteiger partial charge in [0.25, 0.3) is 0 Å². The summed E-state index contributed by atoms with van der Waals surface area (Å²) in [6, 6.07) is 5.24. The Morgan fingerprint density at radius 3 is 2.47 bits per heavy atom. The van der Waals surface area contributed by atoms with Gasteiger partial charge in [-0.2, -0.15) is 17.6 Å². The number of rotatable bonds is 4. The van der Waals surface area contributed by atoms with Crippen molar-refractivity contribution in [2.24, 2.45) is 5.73 Å². The molecule has 0 fully saturated rings. The van der Waals surface area contributed by atoms with Crippen LogP contribution in [0, 0.1) is 0 Å². The number of alkyl halides is 4. The van der Waals surface area contributed by atoms with Gasteiger partial charge in [0.05, 0.1) is 5.69 Å². The van der Waals surface area contributed by atoms with Crippen molar-refractivity contribution in [2.45, 2.75) is 12.5 Å². The molecule has 0 spiro atoms. The van der Waals surface area contributed by atoms with Gasteiger partial charge in [0.15, 0.2) is 5.11 Å². The first-order chi connectivity index (χ1) is 7.83. The topological polar surface area (TPSA) is 47.3 Å². The van der Waals surface area contributed by atoms with Crippen LogP contribution < -0.4 is 15.8 Å². The minimum absolute atomic E-state index is 0.0136. The fourth-order valence-electron chi connectivity index (χ4n) is 0.983. The molecule has 1 aromatic carbocycles. The Balaban J connectivity index is 2.94. The number of nitrogens with two attached hydrogens (primary N) is 1. The summed E-state index contributed by atoms with van der Waals surface area (Å²) in [4.78, 5) is 0. The number of ether oxygens (including phenoxy) is 1. The molecule has 0 aliphatic rings. The van der Waals surface area contributed by atoms with Gasteiger partial charge in [0, 0.05) is 0 Å². The Kier molecular flexibility index (Phi) is 4.11. The molecule has 3 N–H and O–H groups in total. The first-order valence-electron chi connectivity index (χ1n) is 4.33. The molecular formula is C9H8F4N2OS. The van der Waals surface area contributed by atoms with Gasteiger partial charge in [-0.3, -0.25) is 0 Å². The van der Waals surface area contributed by atoms with Crippen molar-refractivity contribution in [1.29, 1.82) is 0 Å². The van der Waals surface area contributed by atoms with Crippen LogP contribution in [-0.2, 0) is 0 Å². The lowest BCUT2D eigenvalue weighted by Crippen LogP contribution is -2.34. The van der Waals surface area contributed by atoms with Gasteiger partial charge in [-0.25, -0.2) is 0 Å². The number of anilines is 1. The van der Waals surface area contributed by atoms with Crippen molar-refractivity contribution in [3.63, 3.8) is 0 Å². The van der Waals surface area contributed by atoms with E-state index in [0.717, 1.165) is 6.07 Å². The van der Waals surface area contributed by atoms with Crippen LogP contribution in [0.15, 0.2) is 24.3 Å². The summed E-state index contributed by atoms with van der Waals surface area (Å²) in [6.45, 7) is 0. The Labute approximate surface area is 99.6 Å². The number of benzene rings is 1. The van der Waals surface area contributed by atoms with E-state index in [1.54, 1.807) is 0 Å². The Bertz CT molecular complexity index is 414. The lowest BCUT2D eigenvalue weighted by Gasteiger charge is -2.19. The average molecular weight is 268 g/mol. The molecule has 0 saturated carbocycles. The fourth-order valence-corrected chi connectivity index (χ4v) is 1.09. The molecule has 1 aromatic rings. The van der Waals surface area contributed by atoms with Crippen LogP contribution in [0.4, 0.5) is 23.2 Å². The highest BCUT2D eigenvalue weighted by atomic mass is 32.1. The number of nitrogens with one attached hydrogen (secondary N) is 1. The highest BCUT2D eigenvalue weighted by Crippen LogP contribution is 2.32. The van der Waals surface area contributed by atoms with Crippen molar-refractivity contribution in [2.75, 3.05) is 5.32 Å². The second-order valence-electron chi connectivity index (χ2n) is 2.95. The molecule has 94 valence electrons. The molecule has 0 saturated heterocycles. The van der Waals surface area contributed by atoms with E-state index >= 15 is 0 Å². The standard InChI is InChI=1S/C9H8F4N2OS/c10-7(11)9(12,13)16-6-4-2-1-3-5(6)15-8(14)17/h1-4,7H,(H3,14,15,17). The van der Waals surface area contributed by atoms with Crippen molar-refractivity contribution in [3.05, 3.63) is 24.3 Å². The molecule has 3 nitrogen and oxygen atoms in total. The first-order valence-corrected chi connectivity index (χ1v) is 4.74. The van der Waals surface area contributed by atoms with E-state index in [1.165, 1.54) is 18.2 Å². The van der Waals surface area contributed by atoms with Crippen molar-refractivity contribution in [1.82, 2.24) is 0 Å². The second kappa shape index (κ2) is 5.17. The minimum atomic E-state index is -4.58. The Hall–Kier alpha value is -1.57. The summed E-state index contributed by atoms with van der Waals surface area (Å²) in [7, 11) is 0. The maximum absolute atomic E-state index is 12.7. The normalized spacial score (nSPS) is 11.4. The van der Waals surface area contributed by atoms with E-state index in [4.69, 9.17) is 5.73 Å². The van der Waals surface area contributed by atoms with Crippen LogP contribution in [0.1, 0.15) is 0 Å². The largest absolute Gasteiger partial charge is 0.461 e. The van der Waals surface area contributed by atoms with Crippen molar-refractivity contribution >= 4 is 23.0 Å². The molecule has 1 rings (SSSR count). The van der Waals surface area contributed by atoms with Gasteiger partial charge in [0.1, 0.15) is 5.75 Å². The summed E-state index contributed by atoms with van der Waals surface area (Å²) in [6.07, 6.45) is -8.51. The highest BCUT2D eigenvalue weighted by Gasteiger charge is 2.44. The zero-order valence-electron chi connectivity index (χ0n) is 8.29. The van der Waals surface area contributed by atoms with Crippen LogP contribution in [-0.4, -0.2) is 17.6 Å².